The summed E-state index contributed by atoms with van der Waals surface area (Å²) in [6.45, 7) is 4.31. The Morgan fingerprint density at radius 2 is 1.64 bits per heavy atom. The molecule has 6 rings (SSSR count). The summed E-state index contributed by atoms with van der Waals surface area (Å²) in [4.78, 5) is 37.8. The smallest absolute Gasteiger partial charge is 0.341 e. The number of halogens is 4. The van der Waals surface area contributed by atoms with Crippen LogP contribution in [0, 0.1) is 11.6 Å². The summed E-state index contributed by atoms with van der Waals surface area (Å²) in [5.74, 6) is -2.68. The molecule has 0 amide bonds. The summed E-state index contributed by atoms with van der Waals surface area (Å²) in [6.07, 6.45) is 2.49. The van der Waals surface area contributed by atoms with Crippen molar-refractivity contribution in [2.45, 2.75) is 44.8 Å². The Morgan fingerprint density at radius 3 is 2.24 bits per heavy atom. The van der Waals surface area contributed by atoms with Gasteiger partial charge in [-0.1, -0.05) is 35.3 Å². The summed E-state index contributed by atoms with van der Waals surface area (Å²) in [6, 6.07) is 9.26. The average Bonchev–Trinajstić information content (AvgIpc) is 3.76. The molecule has 9 nitrogen and oxygen atoms in total. The van der Waals surface area contributed by atoms with Crippen LogP contribution in [-0.4, -0.2) is 50.8 Å². The van der Waals surface area contributed by atoms with Gasteiger partial charge in [0.05, 0.1) is 16.6 Å². The van der Waals surface area contributed by atoms with Crippen LogP contribution in [0.2, 0.25) is 10.3 Å². The zero-order chi connectivity index (χ0) is 29.9. The van der Waals surface area contributed by atoms with Gasteiger partial charge >= 0.3 is 5.97 Å². The van der Waals surface area contributed by atoms with Gasteiger partial charge in [0, 0.05) is 37.4 Å². The predicted molar refractivity (Wildman–Crippen MR) is 159 cm³/mol. The molecular weight excluding hydrogens is 589 g/mol. The topological polar surface area (TPSA) is 104 Å². The fourth-order valence-corrected chi connectivity index (χ4v) is 6.14. The molecule has 0 spiro atoms. The van der Waals surface area contributed by atoms with Crippen molar-refractivity contribution in [1.82, 2.24) is 14.5 Å². The number of aromatic carboxylic acids is 1. The SMILES string of the molecule is CC1CN(c2c(F)c(Nc3cccc(Cl)n3)c3c(=O)c(C(=O)O)cn(C4CC4)c3c2F)CC(C)N1c1cccc(Cl)n1. The maximum absolute atomic E-state index is 16.7. The number of pyridine rings is 3. The van der Waals surface area contributed by atoms with Crippen LogP contribution in [0.25, 0.3) is 10.9 Å². The van der Waals surface area contributed by atoms with Gasteiger partial charge in [0.25, 0.3) is 0 Å². The van der Waals surface area contributed by atoms with E-state index in [0.717, 1.165) is 6.20 Å². The van der Waals surface area contributed by atoms with Crippen LogP contribution < -0.4 is 20.5 Å². The van der Waals surface area contributed by atoms with E-state index in [9.17, 15) is 14.7 Å². The number of carbonyl (C=O) groups is 1. The number of aromatic nitrogens is 3. The third kappa shape index (κ3) is 4.90. The van der Waals surface area contributed by atoms with Gasteiger partial charge in [-0.25, -0.2) is 23.5 Å². The molecule has 1 aliphatic heterocycles. The standard InChI is InChI=1S/C29H26Cl2F2N6O3/c1-14-11-37(12-15(2)39(14)21-8-4-6-19(31)35-21)27-23(32)25(36-20-7-3-5-18(30)34-20)22-26(24(27)33)38(16-9-10-16)13-17(28(22)40)29(41)42/h3-8,13-16H,9-12H2,1-2H3,(H,34,36)(H,41,42). The quantitative estimate of drug-likeness (QED) is 0.245. The van der Waals surface area contributed by atoms with Gasteiger partial charge in [-0.05, 0) is 51.0 Å². The van der Waals surface area contributed by atoms with E-state index in [1.807, 2.05) is 24.8 Å². The minimum Gasteiger partial charge on any atom is -0.477 e. The number of hydrogen-bond donors (Lipinski definition) is 2. The fraction of sp³-hybridized carbons (Fsp3) is 0.310. The van der Waals surface area contributed by atoms with E-state index in [1.165, 1.54) is 16.7 Å². The number of piperazine rings is 1. The van der Waals surface area contributed by atoms with Crippen LogP contribution in [0.1, 0.15) is 43.1 Å². The average molecular weight is 615 g/mol. The normalized spacial score (nSPS) is 18.9. The number of carboxylic acids is 1. The molecule has 218 valence electrons. The van der Waals surface area contributed by atoms with E-state index in [4.69, 9.17) is 23.2 Å². The van der Waals surface area contributed by atoms with Gasteiger partial charge < -0.3 is 24.8 Å². The van der Waals surface area contributed by atoms with Crippen molar-refractivity contribution >= 4 is 63.1 Å². The van der Waals surface area contributed by atoms with E-state index in [1.54, 1.807) is 23.1 Å². The Labute approximate surface area is 249 Å². The fourth-order valence-electron chi connectivity index (χ4n) is 5.82. The molecule has 1 aliphatic carbocycles. The second-order valence-corrected chi connectivity index (χ2v) is 11.5. The van der Waals surface area contributed by atoms with E-state index in [0.29, 0.717) is 23.8 Å². The first-order chi connectivity index (χ1) is 20.0. The van der Waals surface area contributed by atoms with Crippen molar-refractivity contribution < 1.29 is 18.7 Å². The van der Waals surface area contributed by atoms with Crippen molar-refractivity contribution in [3.63, 3.8) is 0 Å². The third-order valence-corrected chi connectivity index (χ3v) is 8.09. The molecule has 2 fully saturated rings. The van der Waals surface area contributed by atoms with Crippen LogP contribution in [0.15, 0.2) is 47.4 Å². The molecule has 2 atom stereocenters. The molecule has 42 heavy (non-hydrogen) atoms. The monoisotopic (exact) mass is 614 g/mol. The lowest BCUT2D eigenvalue weighted by atomic mass is 10.0. The second-order valence-electron chi connectivity index (χ2n) is 10.7. The van der Waals surface area contributed by atoms with E-state index in [2.05, 4.69) is 15.3 Å². The van der Waals surface area contributed by atoms with Crippen molar-refractivity contribution in [2.24, 2.45) is 0 Å². The van der Waals surface area contributed by atoms with Crippen LogP contribution in [0.5, 0.6) is 0 Å². The lowest BCUT2D eigenvalue weighted by Gasteiger charge is -2.46. The van der Waals surface area contributed by atoms with Gasteiger partial charge in [-0.2, -0.15) is 0 Å². The van der Waals surface area contributed by atoms with Crippen LogP contribution in [-0.2, 0) is 0 Å². The molecule has 2 aliphatic rings. The highest BCUT2D eigenvalue weighted by molar-refractivity contribution is 6.29. The zero-order valence-electron chi connectivity index (χ0n) is 22.6. The number of carboxylic acid groups (broad SMARTS) is 1. The molecule has 2 unspecified atom stereocenters. The van der Waals surface area contributed by atoms with E-state index >= 15 is 8.78 Å². The highest BCUT2D eigenvalue weighted by Gasteiger charge is 2.37. The Hall–Kier alpha value is -3.96. The summed E-state index contributed by atoms with van der Waals surface area (Å²) in [5, 5.41) is 12.7. The van der Waals surface area contributed by atoms with Crippen molar-refractivity contribution in [2.75, 3.05) is 28.2 Å². The van der Waals surface area contributed by atoms with Gasteiger partial charge in [-0.15, -0.1) is 0 Å². The van der Waals surface area contributed by atoms with Crippen molar-refractivity contribution in [3.8, 4) is 0 Å². The maximum Gasteiger partial charge on any atom is 0.341 e. The van der Waals surface area contributed by atoms with Gasteiger partial charge in [0.1, 0.15) is 33.2 Å². The Bertz CT molecular complexity index is 1790. The minimum absolute atomic E-state index is 0.108. The Morgan fingerprint density at radius 1 is 1.00 bits per heavy atom. The van der Waals surface area contributed by atoms with Crippen LogP contribution in [0.3, 0.4) is 0 Å². The summed E-state index contributed by atoms with van der Waals surface area (Å²) in [5.41, 5.74) is -2.42. The summed E-state index contributed by atoms with van der Waals surface area (Å²) >= 11 is 12.2. The molecule has 1 aromatic carbocycles. The van der Waals surface area contributed by atoms with Crippen LogP contribution in [0.4, 0.5) is 31.8 Å². The number of nitrogens with zero attached hydrogens (tertiary/aromatic N) is 5. The van der Waals surface area contributed by atoms with E-state index in [-0.39, 0.29) is 59.1 Å². The van der Waals surface area contributed by atoms with Crippen LogP contribution >= 0.6 is 23.2 Å². The first kappa shape index (κ1) is 28.2. The highest BCUT2D eigenvalue weighted by Crippen LogP contribution is 2.43. The number of anilines is 4. The van der Waals surface area contributed by atoms with Gasteiger partial charge in [-0.3, -0.25) is 4.79 Å². The molecule has 1 saturated heterocycles. The number of nitrogens with one attached hydrogen (secondary N) is 1. The number of rotatable bonds is 6. The second kappa shape index (κ2) is 10.7. The first-order valence-corrected chi connectivity index (χ1v) is 14.2. The lowest BCUT2D eigenvalue weighted by Crippen LogP contribution is -2.57. The Kier molecular flexibility index (Phi) is 7.18. The zero-order valence-corrected chi connectivity index (χ0v) is 24.1. The highest BCUT2D eigenvalue weighted by atomic mass is 35.5. The van der Waals surface area contributed by atoms with Crippen molar-refractivity contribution in [3.05, 3.63) is 80.3 Å². The molecule has 2 N–H and O–H groups in total. The molecule has 4 heterocycles. The first-order valence-electron chi connectivity index (χ1n) is 13.4. The van der Waals surface area contributed by atoms with Crippen molar-refractivity contribution in [1.29, 1.82) is 0 Å². The third-order valence-electron chi connectivity index (χ3n) is 7.67. The molecular formula is C29H26Cl2F2N6O3. The van der Waals surface area contributed by atoms with Gasteiger partial charge in [0.15, 0.2) is 11.6 Å². The minimum atomic E-state index is -1.48. The number of benzene rings is 1. The maximum atomic E-state index is 16.7. The molecule has 3 aromatic heterocycles. The molecule has 0 radical (unpaired) electrons. The number of fused-ring (bicyclic) bond motifs is 1. The summed E-state index contributed by atoms with van der Waals surface area (Å²) in [7, 11) is 0. The predicted octanol–water partition coefficient (Wildman–Crippen LogP) is 6.26. The number of hydrogen-bond acceptors (Lipinski definition) is 7. The molecule has 1 saturated carbocycles. The summed E-state index contributed by atoms with van der Waals surface area (Å²) < 4.78 is 34.8. The molecule has 13 heteroatoms. The molecule has 4 aromatic rings. The molecule has 0 bridgehead atoms. The largest absolute Gasteiger partial charge is 0.477 e. The Balaban J connectivity index is 1.55. The lowest BCUT2D eigenvalue weighted by molar-refractivity contribution is 0.0694. The van der Waals surface area contributed by atoms with Gasteiger partial charge in [0.2, 0.25) is 5.43 Å². The van der Waals surface area contributed by atoms with E-state index < -0.39 is 34.0 Å².